The van der Waals surface area contributed by atoms with E-state index in [0.29, 0.717) is 5.69 Å². The van der Waals surface area contributed by atoms with Gasteiger partial charge in [-0.2, -0.15) is 5.26 Å². The fourth-order valence-electron chi connectivity index (χ4n) is 1.53. The topological polar surface area (TPSA) is 61.8 Å². The normalized spacial score (nSPS) is 10.0. The molecule has 0 radical (unpaired) electrons. The molecule has 2 rings (SSSR count). The van der Waals surface area contributed by atoms with Gasteiger partial charge in [0.15, 0.2) is 0 Å². The molecule has 0 amide bonds. The predicted octanol–water partition coefficient (Wildman–Crippen LogP) is 3.82. The van der Waals surface area contributed by atoms with E-state index in [4.69, 9.17) is 22.6 Å². The average molecular weight is 280 g/mol. The quantitative estimate of drug-likeness (QED) is 0.822. The van der Waals surface area contributed by atoms with Crippen molar-refractivity contribution in [3.05, 3.63) is 52.6 Å². The summed E-state index contributed by atoms with van der Waals surface area (Å²) in [6, 6.07) is 7.85. The molecule has 0 aromatic heterocycles. The van der Waals surface area contributed by atoms with Crippen LogP contribution in [-0.4, -0.2) is 0 Å². The molecule has 19 heavy (non-hydrogen) atoms. The molecule has 0 aliphatic heterocycles. The van der Waals surface area contributed by atoms with E-state index in [1.54, 1.807) is 0 Å². The molecule has 0 fully saturated rings. The number of benzene rings is 2. The molecule has 3 nitrogen and oxygen atoms in total. The third-order valence-corrected chi connectivity index (χ3v) is 2.75. The van der Waals surface area contributed by atoms with Gasteiger partial charge in [-0.1, -0.05) is 11.6 Å². The minimum absolute atomic E-state index is 0.0924. The van der Waals surface area contributed by atoms with E-state index in [2.05, 4.69) is 5.32 Å². The number of rotatable bonds is 2. The summed E-state index contributed by atoms with van der Waals surface area (Å²) in [7, 11) is 0. The zero-order chi connectivity index (χ0) is 14.0. The largest absolute Gasteiger partial charge is 0.397 e. The third kappa shape index (κ3) is 2.75. The first-order valence-electron chi connectivity index (χ1n) is 5.22. The maximum Gasteiger partial charge on any atom is 0.144 e. The molecule has 96 valence electrons. The van der Waals surface area contributed by atoms with Crippen LogP contribution in [0.5, 0.6) is 0 Å². The number of hydrogen-bond acceptors (Lipinski definition) is 3. The van der Waals surface area contributed by atoms with E-state index in [9.17, 15) is 8.78 Å². The minimum Gasteiger partial charge on any atom is -0.397 e. The van der Waals surface area contributed by atoms with E-state index < -0.39 is 11.6 Å². The van der Waals surface area contributed by atoms with E-state index >= 15 is 0 Å². The van der Waals surface area contributed by atoms with E-state index in [-0.39, 0.29) is 22.0 Å². The Hall–Kier alpha value is -2.32. The second-order valence-corrected chi connectivity index (χ2v) is 4.19. The second-order valence-electron chi connectivity index (χ2n) is 3.78. The molecule has 0 saturated heterocycles. The maximum atomic E-state index is 13.4. The first kappa shape index (κ1) is 13.1. The van der Waals surface area contributed by atoms with Crippen LogP contribution in [-0.2, 0) is 0 Å². The summed E-state index contributed by atoms with van der Waals surface area (Å²) in [5.74, 6) is -1.17. The van der Waals surface area contributed by atoms with Gasteiger partial charge in [0.25, 0.3) is 0 Å². The monoisotopic (exact) mass is 279 g/mol. The van der Waals surface area contributed by atoms with Crippen molar-refractivity contribution >= 4 is 28.7 Å². The molecule has 0 bridgehead atoms. The molecule has 0 heterocycles. The molecular formula is C13H8ClF2N3. The number of halogens is 3. The van der Waals surface area contributed by atoms with E-state index in [1.807, 2.05) is 6.07 Å². The Bertz CT molecular complexity index is 680. The summed E-state index contributed by atoms with van der Waals surface area (Å²) in [5.41, 5.74) is 6.59. The highest BCUT2D eigenvalue weighted by atomic mass is 35.5. The summed E-state index contributed by atoms with van der Waals surface area (Å²) >= 11 is 5.58. The Labute approximate surface area is 113 Å². The van der Waals surface area contributed by atoms with Crippen molar-refractivity contribution in [1.29, 1.82) is 5.26 Å². The predicted molar refractivity (Wildman–Crippen MR) is 70.2 cm³/mol. The summed E-state index contributed by atoms with van der Waals surface area (Å²) in [4.78, 5) is 0. The van der Waals surface area contributed by atoms with Gasteiger partial charge in [-0.25, -0.2) is 8.78 Å². The van der Waals surface area contributed by atoms with Gasteiger partial charge in [0.1, 0.15) is 17.7 Å². The van der Waals surface area contributed by atoms with Gasteiger partial charge >= 0.3 is 0 Å². The molecular weight excluding hydrogens is 272 g/mol. The fraction of sp³-hybridized carbons (Fsp3) is 0. The first-order chi connectivity index (χ1) is 9.01. The summed E-state index contributed by atoms with van der Waals surface area (Å²) in [6.07, 6.45) is 0. The molecule has 0 unspecified atom stereocenters. The van der Waals surface area contributed by atoms with Crippen LogP contribution in [0.2, 0.25) is 5.02 Å². The molecule has 3 N–H and O–H groups in total. The molecule has 2 aromatic rings. The number of hydrogen-bond donors (Lipinski definition) is 2. The van der Waals surface area contributed by atoms with Gasteiger partial charge in [-0.15, -0.1) is 0 Å². The Morgan fingerprint density at radius 3 is 2.58 bits per heavy atom. The van der Waals surface area contributed by atoms with Crippen molar-refractivity contribution in [2.75, 3.05) is 11.1 Å². The molecule has 0 spiro atoms. The Kier molecular flexibility index (Phi) is 3.54. The van der Waals surface area contributed by atoms with E-state index in [0.717, 1.165) is 12.1 Å². The van der Waals surface area contributed by atoms with Gasteiger partial charge in [0.05, 0.1) is 27.6 Å². The van der Waals surface area contributed by atoms with Crippen LogP contribution in [0.15, 0.2) is 30.3 Å². The first-order valence-corrected chi connectivity index (χ1v) is 5.60. The van der Waals surface area contributed by atoms with Crippen molar-refractivity contribution in [2.24, 2.45) is 0 Å². The fourth-order valence-corrected chi connectivity index (χ4v) is 1.71. The Morgan fingerprint density at radius 2 is 1.89 bits per heavy atom. The van der Waals surface area contributed by atoms with Gasteiger partial charge < -0.3 is 11.1 Å². The number of anilines is 3. The van der Waals surface area contributed by atoms with Crippen molar-refractivity contribution in [1.82, 2.24) is 0 Å². The van der Waals surface area contributed by atoms with Crippen LogP contribution in [0, 0.1) is 23.0 Å². The van der Waals surface area contributed by atoms with Crippen LogP contribution in [0.1, 0.15) is 5.56 Å². The lowest BCUT2D eigenvalue weighted by molar-refractivity contribution is 0.627. The SMILES string of the molecule is N#Cc1cc(F)ccc1Nc1cc(F)c(Cl)cc1N. The maximum absolute atomic E-state index is 13.4. The highest BCUT2D eigenvalue weighted by Gasteiger charge is 2.09. The lowest BCUT2D eigenvalue weighted by Gasteiger charge is -2.11. The van der Waals surface area contributed by atoms with Crippen LogP contribution in [0.25, 0.3) is 0 Å². The highest BCUT2D eigenvalue weighted by Crippen LogP contribution is 2.30. The summed E-state index contributed by atoms with van der Waals surface area (Å²) < 4.78 is 26.3. The molecule has 0 atom stereocenters. The number of nitrogens with one attached hydrogen (secondary N) is 1. The number of nitriles is 1. The standard InChI is InChI=1S/C13H8ClF2N3/c14-9-4-11(18)13(5-10(9)16)19-12-2-1-8(15)3-7(12)6-17/h1-5,19H,18H2. The van der Waals surface area contributed by atoms with Crippen LogP contribution >= 0.6 is 11.6 Å². The molecule has 6 heteroatoms. The van der Waals surface area contributed by atoms with Crippen molar-refractivity contribution in [3.63, 3.8) is 0 Å². The van der Waals surface area contributed by atoms with Gasteiger partial charge in [0, 0.05) is 6.07 Å². The third-order valence-electron chi connectivity index (χ3n) is 2.46. The van der Waals surface area contributed by atoms with Crippen molar-refractivity contribution in [2.45, 2.75) is 0 Å². The summed E-state index contributed by atoms with van der Waals surface area (Å²) in [5, 5.41) is 11.6. The zero-order valence-corrected chi connectivity index (χ0v) is 10.3. The second kappa shape index (κ2) is 5.12. The lowest BCUT2D eigenvalue weighted by atomic mass is 10.1. The number of nitrogens with two attached hydrogens (primary N) is 1. The molecule has 2 aromatic carbocycles. The average Bonchev–Trinajstić information content (AvgIpc) is 2.37. The zero-order valence-electron chi connectivity index (χ0n) is 9.55. The van der Waals surface area contributed by atoms with Gasteiger partial charge in [0.2, 0.25) is 0 Å². The molecule has 0 aliphatic rings. The van der Waals surface area contributed by atoms with E-state index in [1.165, 1.54) is 18.2 Å². The Balaban J connectivity index is 2.42. The van der Waals surface area contributed by atoms with Crippen LogP contribution in [0.3, 0.4) is 0 Å². The smallest absolute Gasteiger partial charge is 0.144 e. The van der Waals surface area contributed by atoms with Crippen LogP contribution < -0.4 is 11.1 Å². The molecule has 0 saturated carbocycles. The van der Waals surface area contributed by atoms with Crippen LogP contribution in [0.4, 0.5) is 25.8 Å². The Morgan fingerprint density at radius 1 is 1.16 bits per heavy atom. The van der Waals surface area contributed by atoms with Crippen molar-refractivity contribution in [3.8, 4) is 6.07 Å². The van der Waals surface area contributed by atoms with Gasteiger partial charge in [-0.05, 0) is 24.3 Å². The highest BCUT2D eigenvalue weighted by molar-refractivity contribution is 6.31. The number of nitrogens with zero attached hydrogens (tertiary/aromatic N) is 1. The number of nitrogen functional groups attached to an aromatic ring is 1. The van der Waals surface area contributed by atoms with Crippen molar-refractivity contribution < 1.29 is 8.78 Å². The molecule has 0 aliphatic carbocycles. The minimum atomic E-state index is -0.640. The lowest BCUT2D eigenvalue weighted by Crippen LogP contribution is -1.99. The van der Waals surface area contributed by atoms with Gasteiger partial charge in [-0.3, -0.25) is 0 Å². The summed E-state index contributed by atoms with van der Waals surface area (Å²) in [6.45, 7) is 0.